The van der Waals surface area contributed by atoms with Gasteiger partial charge in [-0.25, -0.2) is 0 Å². The molecule has 0 saturated heterocycles. The number of hydrogen-bond donors (Lipinski definition) is 2. The number of hydrogen-bond acceptors (Lipinski definition) is 5. The summed E-state index contributed by atoms with van der Waals surface area (Å²) in [6, 6.07) is 10.6. The van der Waals surface area contributed by atoms with Gasteiger partial charge in [0.15, 0.2) is 16.7 Å². The minimum atomic E-state index is -0.404. The van der Waals surface area contributed by atoms with Gasteiger partial charge in [0.2, 0.25) is 5.88 Å². The summed E-state index contributed by atoms with van der Waals surface area (Å²) in [4.78, 5) is 12.4. The Morgan fingerprint density at radius 3 is 2.79 bits per heavy atom. The normalized spacial score (nSPS) is 10.8. The van der Waals surface area contributed by atoms with Crippen molar-refractivity contribution < 1.29 is 13.7 Å². The summed E-state index contributed by atoms with van der Waals surface area (Å²) in [5.41, 5.74) is 7.05. The van der Waals surface area contributed by atoms with Crippen molar-refractivity contribution in [2.45, 2.75) is 6.42 Å². The van der Waals surface area contributed by atoms with E-state index in [4.69, 9.17) is 37.9 Å². The van der Waals surface area contributed by atoms with Gasteiger partial charge in [-0.2, -0.15) is 0 Å². The van der Waals surface area contributed by atoms with Gasteiger partial charge < -0.3 is 20.0 Å². The minimum absolute atomic E-state index is 0.0854. The summed E-state index contributed by atoms with van der Waals surface area (Å²) in [6.07, 6.45) is 0.624. The molecule has 0 fully saturated rings. The molecule has 0 saturated carbocycles. The Bertz CT molecular complexity index is 873. The van der Waals surface area contributed by atoms with Gasteiger partial charge in [0.05, 0.1) is 0 Å². The van der Waals surface area contributed by atoms with Gasteiger partial charge in [0.25, 0.3) is 5.91 Å². The molecular formula is C16H13Cl2N3O3. The van der Waals surface area contributed by atoms with Gasteiger partial charge in [-0.15, -0.1) is 0 Å². The number of benzene rings is 1. The first-order chi connectivity index (χ1) is 11.5. The Morgan fingerprint density at radius 2 is 2.08 bits per heavy atom. The zero-order valence-electron chi connectivity index (χ0n) is 12.4. The van der Waals surface area contributed by atoms with Crippen LogP contribution in [0.1, 0.15) is 15.9 Å². The first-order valence-corrected chi connectivity index (χ1v) is 7.83. The summed E-state index contributed by atoms with van der Waals surface area (Å²) in [5, 5.41) is 7.37. The van der Waals surface area contributed by atoms with Crippen LogP contribution >= 0.6 is 23.2 Å². The molecule has 3 N–H and O–H groups in total. The Kier molecular flexibility index (Phi) is 4.78. The van der Waals surface area contributed by atoms with Crippen LogP contribution < -0.4 is 11.1 Å². The van der Waals surface area contributed by atoms with Crippen LogP contribution in [-0.2, 0) is 6.42 Å². The standard InChI is InChI=1S/C16H13Cl2N3O3/c17-10-3-1-2-9(8-10)6-7-20-16(22)13-14(21-24-15(13)19)11-4-5-12(18)23-11/h1-5,8H,6-7,19H2,(H,20,22). The highest BCUT2D eigenvalue weighted by Gasteiger charge is 2.24. The molecule has 0 aliphatic rings. The lowest BCUT2D eigenvalue weighted by atomic mass is 10.1. The second-order valence-electron chi connectivity index (χ2n) is 5.01. The molecule has 0 unspecified atom stereocenters. The first-order valence-electron chi connectivity index (χ1n) is 7.08. The molecule has 124 valence electrons. The topological polar surface area (TPSA) is 94.3 Å². The highest BCUT2D eigenvalue weighted by Crippen LogP contribution is 2.29. The highest BCUT2D eigenvalue weighted by atomic mass is 35.5. The Labute approximate surface area is 147 Å². The molecule has 0 bridgehead atoms. The molecule has 3 rings (SSSR count). The fourth-order valence-corrected chi connectivity index (χ4v) is 2.59. The van der Waals surface area contributed by atoms with Crippen molar-refractivity contribution in [3.8, 4) is 11.5 Å². The third-order valence-corrected chi connectivity index (χ3v) is 3.78. The van der Waals surface area contributed by atoms with Crippen molar-refractivity contribution in [3.05, 3.63) is 57.8 Å². The number of aromatic nitrogens is 1. The van der Waals surface area contributed by atoms with E-state index >= 15 is 0 Å². The number of nitrogens with zero attached hydrogens (tertiary/aromatic N) is 1. The maximum Gasteiger partial charge on any atom is 0.259 e. The molecule has 0 atom stereocenters. The van der Waals surface area contributed by atoms with Crippen molar-refractivity contribution in [1.82, 2.24) is 10.5 Å². The van der Waals surface area contributed by atoms with E-state index in [0.717, 1.165) is 5.56 Å². The van der Waals surface area contributed by atoms with E-state index in [1.54, 1.807) is 18.2 Å². The predicted molar refractivity (Wildman–Crippen MR) is 91.1 cm³/mol. The molecule has 3 aromatic rings. The number of rotatable bonds is 5. The van der Waals surface area contributed by atoms with E-state index < -0.39 is 5.91 Å². The summed E-state index contributed by atoms with van der Waals surface area (Å²) >= 11 is 11.7. The lowest BCUT2D eigenvalue weighted by Crippen LogP contribution is -2.26. The van der Waals surface area contributed by atoms with Gasteiger partial charge in [-0.1, -0.05) is 28.9 Å². The van der Waals surface area contributed by atoms with Gasteiger partial charge in [0, 0.05) is 11.6 Å². The lowest BCUT2D eigenvalue weighted by Gasteiger charge is -2.05. The van der Waals surface area contributed by atoms with Crippen LogP contribution in [0.5, 0.6) is 0 Å². The Balaban J connectivity index is 1.70. The van der Waals surface area contributed by atoms with Gasteiger partial charge in [-0.05, 0) is 47.9 Å². The molecule has 6 nitrogen and oxygen atoms in total. The molecule has 1 aromatic carbocycles. The predicted octanol–water partition coefficient (Wildman–Crippen LogP) is 3.80. The van der Waals surface area contributed by atoms with Crippen molar-refractivity contribution in [3.63, 3.8) is 0 Å². The van der Waals surface area contributed by atoms with Gasteiger partial charge in [0.1, 0.15) is 5.56 Å². The number of nitrogen functional groups attached to an aromatic ring is 1. The minimum Gasteiger partial charge on any atom is -0.443 e. The van der Waals surface area contributed by atoms with Crippen LogP contribution in [0.3, 0.4) is 0 Å². The molecule has 8 heteroatoms. The molecule has 0 spiro atoms. The quantitative estimate of drug-likeness (QED) is 0.716. The van der Waals surface area contributed by atoms with E-state index in [0.29, 0.717) is 23.7 Å². The summed E-state index contributed by atoms with van der Waals surface area (Å²) < 4.78 is 10.2. The largest absolute Gasteiger partial charge is 0.443 e. The van der Waals surface area contributed by atoms with Crippen LogP contribution in [0.4, 0.5) is 5.88 Å². The van der Waals surface area contributed by atoms with Crippen molar-refractivity contribution in [1.29, 1.82) is 0 Å². The molecule has 2 aromatic heterocycles. The molecule has 0 radical (unpaired) electrons. The van der Waals surface area contributed by atoms with E-state index in [1.165, 1.54) is 0 Å². The fraction of sp³-hybridized carbons (Fsp3) is 0.125. The smallest absolute Gasteiger partial charge is 0.259 e. The molecule has 24 heavy (non-hydrogen) atoms. The van der Waals surface area contributed by atoms with Crippen LogP contribution in [0, 0.1) is 0 Å². The van der Waals surface area contributed by atoms with Crippen LogP contribution in [0.25, 0.3) is 11.5 Å². The summed E-state index contributed by atoms with van der Waals surface area (Å²) in [6.45, 7) is 0.405. The number of carbonyl (C=O) groups excluding carboxylic acids is 1. The molecule has 0 aliphatic heterocycles. The SMILES string of the molecule is Nc1onc(-c2ccc(Cl)o2)c1C(=O)NCCc1cccc(Cl)c1. The number of nitrogens with two attached hydrogens (primary N) is 1. The number of furan rings is 1. The molecular weight excluding hydrogens is 353 g/mol. The summed E-state index contributed by atoms with van der Waals surface area (Å²) in [7, 11) is 0. The van der Waals surface area contributed by atoms with Crippen LogP contribution in [-0.4, -0.2) is 17.6 Å². The highest BCUT2D eigenvalue weighted by molar-refractivity contribution is 6.30. The number of nitrogens with one attached hydrogen (secondary N) is 1. The monoisotopic (exact) mass is 365 g/mol. The van der Waals surface area contributed by atoms with Crippen molar-refractivity contribution >= 4 is 35.0 Å². The second-order valence-corrected chi connectivity index (χ2v) is 5.82. The number of halogens is 2. The lowest BCUT2D eigenvalue weighted by molar-refractivity contribution is 0.0955. The Hall–Kier alpha value is -2.44. The van der Waals surface area contributed by atoms with E-state index in [9.17, 15) is 4.79 Å². The summed E-state index contributed by atoms with van der Waals surface area (Å²) in [5.74, 6) is -0.184. The fourth-order valence-electron chi connectivity index (χ4n) is 2.23. The number of anilines is 1. The first kappa shape index (κ1) is 16.4. The number of carbonyl (C=O) groups is 1. The third-order valence-electron chi connectivity index (χ3n) is 3.34. The van der Waals surface area contributed by atoms with E-state index in [2.05, 4.69) is 10.5 Å². The van der Waals surface area contributed by atoms with E-state index in [-0.39, 0.29) is 22.4 Å². The van der Waals surface area contributed by atoms with Gasteiger partial charge >= 0.3 is 0 Å². The second kappa shape index (κ2) is 6.98. The zero-order valence-corrected chi connectivity index (χ0v) is 13.9. The van der Waals surface area contributed by atoms with Gasteiger partial charge in [-0.3, -0.25) is 4.79 Å². The molecule has 2 heterocycles. The van der Waals surface area contributed by atoms with E-state index in [1.807, 2.05) is 18.2 Å². The van der Waals surface area contributed by atoms with Crippen LogP contribution in [0.15, 0.2) is 45.3 Å². The maximum atomic E-state index is 12.4. The maximum absolute atomic E-state index is 12.4. The average molecular weight is 366 g/mol. The van der Waals surface area contributed by atoms with Crippen LogP contribution in [0.2, 0.25) is 10.2 Å². The van der Waals surface area contributed by atoms with Crippen molar-refractivity contribution in [2.24, 2.45) is 0 Å². The molecule has 0 aliphatic carbocycles. The van der Waals surface area contributed by atoms with Crippen molar-refractivity contribution in [2.75, 3.05) is 12.3 Å². The average Bonchev–Trinajstić information content (AvgIpc) is 3.13. The zero-order chi connectivity index (χ0) is 17.1. The third kappa shape index (κ3) is 3.55. The molecule has 1 amide bonds. The Morgan fingerprint density at radius 1 is 1.25 bits per heavy atom. The number of amides is 1.